The number of hydrogen-bond donors (Lipinski definition) is 2. The fraction of sp³-hybridized carbons (Fsp3) is 0.429. The van der Waals surface area contributed by atoms with Gasteiger partial charge in [0.15, 0.2) is 0 Å². The smallest absolute Gasteiger partial charge is 0.228 e. The van der Waals surface area contributed by atoms with Gasteiger partial charge < -0.3 is 11.1 Å². The maximum absolute atomic E-state index is 12.1. The largest absolute Gasteiger partial charge is 0.397 e. The molecule has 0 bridgehead atoms. The van der Waals surface area contributed by atoms with E-state index in [1.165, 1.54) is 19.3 Å². The summed E-state index contributed by atoms with van der Waals surface area (Å²) in [4.78, 5) is 12.1. The van der Waals surface area contributed by atoms with Gasteiger partial charge in [-0.3, -0.25) is 4.79 Å². The Labute approximate surface area is 106 Å². The van der Waals surface area contributed by atoms with Gasteiger partial charge in [0.05, 0.1) is 23.0 Å². The van der Waals surface area contributed by atoms with Crippen LogP contribution in [0.25, 0.3) is 0 Å². The van der Waals surface area contributed by atoms with Gasteiger partial charge >= 0.3 is 0 Å². The van der Waals surface area contributed by atoms with Crippen LogP contribution in [0.3, 0.4) is 0 Å². The lowest BCUT2D eigenvalue weighted by Crippen LogP contribution is -2.17. The van der Waals surface area contributed by atoms with Crippen molar-refractivity contribution in [2.45, 2.75) is 19.3 Å². The Kier molecular flexibility index (Phi) is 2.48. The molecule has 0 saturated heterocycles. The standard InChI is InChI=1S/C14H15N3O/c15-7-8-4-5-12(11(16)6-8)17-14(18)13-9-2-1-3-10(9)13/h4-6,9-10,13H,1-3,16H2,(H,17,18). The number of carbonyl (C=O) groups excluding carboxylic acids is 1. The molecule has 3 rings (SSSR count). The zero-order valence-electron chi connectivity index (χ0n) is 10.0. The highest BCUT2D eigenvalue weighted by molar-refractivity contribution is 5.97. The minimum atomic E-state index is 0.0844. The lowest BCUT2D eigenvalue weighted by Gasteiger charge is -2.09. The van der Waals surface area contributed by atoms with Gasteiger partial charge in [0.1, 0.15) is 0 Å². The third-order valence-corrected chi connectivity index (χ3v) is 4.15. The Morgan fingerprint density at radius 2 is 2.11 bits per heavy atom. The number of fused-ring (bicyclic) bond motifs is 1. The van der Waals surface area contributed by atoms with Crippen molar-refractivity contribution in [3.63, 3.8) is 0 Å². The molecule has 2 fully saturated rings. The topological polar surface area (TPSA) is 78.9 Å². The van der Waals surface area contributed by atoms with Crippen LogP contribution in [0.2, 0.25) is 0 Å². The highest BCUT2D eigenvalue weighted by Crippen LogP contribution is 2.57. The van der Waals surface area contributed by atoms with Crippen LogP contribution in [0, 0.1) is 29.1 Å². The van der Waals surface area contributed by atoms with Crippen LogP contribution in [0.15, 0.2) is 18.2 Å². The maximum Gasteiger partial charge on any atom is 0.228 e. The molecule has 1 amide bonds. The molecule has 0 aromatic heterocycles. The number of nitriles is 1. The second kappa shape index (κ2) is 4.02. The molecule has 2 aliphatic carbocycles. The second-order valence-corrected chi connectivity index (χ2v) is 5.19. The summed E-state index contributed by atoms with van der Waals surface area (Å²) in [6.45, 7) is 0. The Hall–Kier alpha value is -2.02. The SMILES string of the molecule is N#Cc1ccc(NC(=O)C2C3CCCC32)c(N)c1. The quantitative estimate of drug-likeness (QED) is 0.778. The van der Waals surface area contributed by atoms with Gasteiger partial charge in [-0.05, 0) is 42.9 Å². The fourth-order valence-electron chi connectivity index (χ4n) is 3.17. The van der Waals surface area contributed by atoms with Crippen molar-refractivity contribution in [2.75, 3.05) is 11.1 Å². The summed E-state index contributed by atoms with van der Waals surface area (Å²) >= 11 is 0. The van der Waals surface area contributed by atoms with E-state index in [0.29, 0.717) is 28.8 Å². The molecule has 1 aromatic carbocycles. The van der Waals surface area contributed by atoms with Crippen molar-refractivity contribution < 1.29 is 4.79 Å². The zero-order chi connectivity index (χ0) is 12.7. The molecule has 0 radical (unpaired) electrons. The van der Waals surface area contributed by atoms with E-state index in [0.717, 1.165) is 0 Å². The van der Waals surface area contributed by atoms with Crippen molar-refractivity contribution in [3.8, 4) is 6.07 Å². The molecule has 0 spiro atoms. The maximum atomic E-state index is 12.1. The lowest BCUT2D eigenvalue weighted by atomic mass is 10.1. The van der Waals surface area contributed by atoms with Gasteiger partial charge in [0, 0.05) is 5.92 Å². The molecule has 2 aliphatic rings. The number of anilines is 2. The second-order valence-electron chi connectivity index (χ2n) is 5.19. The summed E-state index contributed by atoms with van der Waals surface area (Å²) in [5.41, 5.74) is 7.39. The van der Waals surface area contributed by atoms with Crippen LogP contribution in [0.1, 0.15) is 24.8 Å². The first-order chi connectivity index (χ1) is 8.70. The number of hydrogen-bond acceptors (Lipinski definition) is 3. The van der Waals surface area contributed by atoms with Gasteiger partial charge in [0.25, 0.3) is 0 Å². The monoisotopic (exact) mass is 241 g/mol. The van der Waals surface area contributed by atoms with Crippen molar-refractivity contribution in [1.29, 1.82) is 5.26 Å². The predicted octanol–water partition coefficient (Wildman–Crippen LogP) is 2.13. The highest BCUT2D eigenvalue weighted by Gasteiger charge is 2.56. The van der Waals surface area contributed by atoms with Gasteiger partial charge in [-0.25, -0.2) is 0 Å². The molecular formula is C14H15N3O. The highest BCUT2D eigenvalue weighted by atomic mass is 16.2. The number of carbonyl (C=O) groups is 1. The number of nitrogens with two attached hydrogens (primary N) is 1. The van der Waals surface area contributed by atoms with E-state index in [-0.39, 0.29) is 11.8 Å². The fourth-order valence-corrected chi connectivity index (χ4v) is 3.17. The van der Waals surface area contributed by atoms with Gasteiger partial charge in [-0.15, -0.1) is 0 Å². The predicted molar refractivity (Wildman–Crippen MR) is 68.5 cm³/mol. The summed E-state index contributed by atoms with van der Waals surface area (Å²) in [6.07, 6.45) is 3.63. The van der Waals surface area contributed by atoms with E-state index in [2.05, 4.69) is 5.32 Å². The van der Waals surface area contributed by atoms with E-state index in [1.54, 1.807) is 18.2 Å². The molecule has 92 valence electrons. The number of nitrogens with one attached hydrogen (secondary N) is 1. The summed E-state index contributed by atoms with van der Waals surface area (Å²) < 4.78 is 0. The van der Waals surface area contributed by atoms with Crippen LogP contribution in [0.5, 0.6) is 0 Å². The normalized spacial score (nSPS) is 28.3. The third kappa shape index (κ3) is 1.72. The number of rotatable bonds is 2. The van der Waals surface area contributed by atoms with Crippen molar-refractivity contribution in [2.24, 2.45) is 17.8 Å². The van der Waals surface area contributed by atoms with Crippen molar-refractivity contribution >= 4 is 17.3 Å². The minimum absolute atomic E-state index is 0.0844. The van der Waals surface area contributed by atoms with Crippen LogP contribution >= 0.6 is 0 Å². The average Bonchev–Trinajstić information content (AvgIpc) is 2.86. The Bertz CT molecular complexity index is 536. The minimum Gasteiger partial charge on any atom is -0.397 e. The van der Waals surface area contributed by atoms with Crippen LogP contribution in [-0.2, 0) is 4.79 Å². The molecule has 3 N–H and O–H groups in total. The van der Waals surface area contributed by atoms with Crippen molar-refractivity contribution in [3.05, 3.63) is 23.8 Å². The Morgan fingerprint density at radius 3 is 2.72 bits per heavy atom. The van der Waals surface area contributed by atoms with Crippen LogP contribution in [-0.4, -0.2) is 5.91 Å². The third-order valence-electron chi connectivity index (χ3n) is 4.15. The Balaban J connectivity index is 1.70. The lowest BCUT2D eigenvalue weighted by molar-refractivity contribution is -0.118. The van der Waals surface area contributed by atoms with Crippen LogP contribution in [0.4, 0.5) is 11.4 Å². The Morgan fingerprint density at radius 1 is 1.39 bits per heavy atom. The number of amides is 1. The van der Waals surface area contributed by atoms with E-state index in [1.807, 2.05) is 6.07 Å². The first-order valence-electron chi connectivity index (χ1n) is 6.31. The summed E-state index contributed by atoms with van der Waals surface area (Å²) in [5.74, 6) is 1.48. The molecule has 2 unspecified atom stereocenters. The summed E-state index contributed by atoms with van der Waals surface area (Å²) in [5, 5.41) is 11.6. The molecule has 4 heteroatoms. The molecule has 0 aliphatic heterocycles. The number of nitrogen functional groups attached to an aromatic ring is 1. The number of nitrogens with zero attached hydrogens (tertiary/aromatic N) is 1. The van der Waals surface area contributed by atoms with Gasteiger partial charge in [-0.1, -0.05) is 6.42 Å². The summed E-state index contributed by atoms with van der Waals surface area (Å²) in [7, 11) is 0. The average molecular weight is 241 g/mol. The molecule has 2 atom stereocenters. The summed E-state index contributed by atoms with van der Waals surface area (Å²) in [6, 6.07) is 6.97. The first kappa shape index (κ1) is 11.1. The van der Waals surface area contributed by atoms with Gasteiger partial charge in [-0.2, -0.15) is 5.26 Å². The molecule has 2 saturated carbocycles. The molecule has 1 aromatic rings. The molecular weight excluding hydrogens is 226 g/mol. The van der Waals surface area contributed by atoms with E-state index in [4.69, 9.17) is 11.0 Å². The van der Waals surface area contributed by atoms with E-state index in [9.17, 15) is 4.79 Å². The molecule has 0 heterocycles. The van der Waals surface area contributed by atoms with E-state index < -0.39 is 0 Å². The first-order valence-corrected chi connectivity index (χ1v) is 6.31. The molecule has 18 heavy (non-hydrogen) atoms. The van der Waals surface area contributed by atoms with Crippen LogP contribution < -0.4 is 11.1 Å². The van der Waals surface area contributed by atoms with Crippen molar-refractivity contribution in [1.82, 2.24) is 0 Å². The number of benzene rings is 1. The van der Waals surface area contributed by atoms with E-state index >= 15 is 0 Å². The molecule has 4 nitrogen and oxygen atoms in total. The van der Waals surface area contributed by atoms with Gasteiger partial charge in [0.2, 0.25) is 5.91 Å². The zero-order valence-corrected chi connectivity index (χ0v) is 10.0.